The number of sulfonamides is 1. The van der Waals surface area contributed by atoms with Crippen molar-refractivity contribution in [3.63, 3.8) is 0 Å². The Kier molecular flexibility index (Phi) is 5.70. The molecule has 186 valence electrons. The number of imidazole rings is 1. The number of benzene rings is 1. The summed E-state index contributed by atoms with van der Waals surface area (Å²) in [6.07, 6.45) is 4.25. The van der Waals surface area contributed by atoms with Crippen molar-refractivity contribution < 1.29 is 30.8 Å². The van der Waals surface area contributed by atoms with Crippen LogP contribution >= 0.6 is 11.3 Å². The van der Waals surface area contributed by atoms with Crippen LogP contribution in [0.3, 0.4) is 0 Å². The molecule has 5 rings (SSSR count). The van der Waals surface area contributed by atoms with E-state index in [-0.39, 0.29) is 34.9 Å². The Morgan fingerprint density at radius 2 is 2.00 bits per heavy atom. The van der Waals surface area contributed by atoms with Crippen LogP contribution in [0.15, 0.2) is 34.9 Å². The minimum Gasteiger partial charge on any atom is -0.347 e. The predicted molar refractivity (Wildman–Crippen MR) is 120 cm³/mol. The molecule has 0 radical (unpaired) electrons. The molecule has 3 heterocycles. The number of fused-ring (bicyclic) bond motifs is 1. The summed E-state index contributed by atoms with van der Waals surface area (Å²) in [6.45, 7) is -0.784. The van der Waals surface area contributed by atoms with Gasteiger partial charge in [0.25, 0.3) is 5.91 Å². The van der Waals surface area contributed by atoms with Crippen LogP contribution < -0.4 is 10.3 Å². The van der Waals surface area contributed by atoms with Crippen molar-refractivity contribution in [1.82, 2.24) is 19.0 Å². The lowest BCUT2D eigenvalue weighted by atomic mass is 10.1. The lowest BCUT2D eigenvalue weighted by Crippen LogP contribution is -2.46. The van der Waals surface area contributed by atoms with E-state index in [2.05, 4.69) is 15.4 Å². The van der Waals surface area contributed by atoms with Gasteiger partial charge >= 0.3 is 15.5 Å². The second-order valence-electron chi connectivity index (χ2n) is 8.06. The first-order valence-electron chi connectivity index (χ1n) is 10.5. The molecule has 1 amide bonds. The number of hydrazone groups is 1. The molecular formula is C20H18F4N6O3S2. The van der Waals surface area contributed by atoms with Gasteiger partial charge in [-0.25, -0.2) is 13.7 Å². The van der Waals surface area contributed by atoms with Crippen LogP contribution in [0, 0.1) is 5.82 Å². The van der Waals surface area contributed by atoms with Crippen molar-refractivity contribution in [3.8, 4) is 0 Å². The number of amides is 1. The van der Waals surface area contributed by atoms with E-state index in [4.69, 9.17) is 0 Å². The summed E-state index contributed by atoms with van der Waals surface area (Å²) < 4.78 is 77.6. The van der Waals surface area contributed by atoms with Crippen LogP contribution in [0.1, 0.15) is 40.5 Å². The molecule has 0 bridgehead atoms. The summed E-state index contributed by atoms with van der Waals surface area (Å²) in [6, 6.07) is 4.10. The first-order chi connectivity index (χ1) is 16.6. The fraction of sp³-hybridized carbons (Fsp3) is 0.350. The highest BCUT2D eigenvalue weighted by atomic mass is 32.2. The first-order valence-corrected chi connectivity index (χ1v) is 12.8. The maximum absolute atomic E-state index is 14.7. The third kappa shape index (κ3) is 4.33. The molecule has 0 atom stereocenters. The minimum atomic E-state index is -5.55. The molecule has 1 saturated carbocycles. The van der Waals surface area contributed by atoms with Crippen LogP contribution in [0.5, 0.6) is 0 Å². The third-order valence-electron chi connectivity index (χ3n) is 5.66. The van der Waals surface area contributed by atoms with Crippen LogP contribution in [0.2, 0.25) is 0 Å². The van der Waals surface area contributed by atoms with Crippen molar-refractivity contribution in [2.45, 2.75) is 30.8 Å². The van der Waals surface area contributed by atoms with Gasteiger partial charge in [-0.3, -0.25) is 14.2 Å². The zero-order chi connectivity index (χ0) is 25.0. The molecule has 0 spiro atoms. The maximum Gasteiger partial charge on any atom is 0.516 e. The van der Waals surface area contributed by atoms with Gasteiger partial charge in [0.2, 0.25) is 0 Å². The van der Waals surface area contributed by atoms with Crippen molar-refractivity contribution in [1.29, 1.82) is 0 Å². The molecule has 2 aromatic heterocycles. The van der Waals surface area contributed by atoms with E-state index in [1.165, 1.54) is 23.5 Å². The molecule has 35 heavy (non-hydrogen) atoms. The number of carbonyl (C=O) groups excluding carboxylic acids is 1. The van der Waals surface area contributed by atoms with Gasteiger partial charge in [0, 0.05) is 24.0 Å². The number of rotatable bonds is 6. The summed E-state index contributed by atoms with van der Waals surface area (Å²) in [5.41, 5.74) is -3.79. The van der Waals surface area contributed by atoms with Gasteiger partial charge in [-0.05, 0) is 30.5 Å². The van der Waals surface area contributed by atoms with E-state index in [0.29, 0.717) is 17.6 Å². The Hall–Kier alpha value is -3.20. The van der Waals surface area contributed by atoms with E-state index in [1.54, 1.807) is 16.7 Å². The lowest BCUT2D eigenvalue weighted by molar-refractivity contribution is -0.0471. The summed E-state index contributed by atoms with van der Waals surface area (Å²) >= 11 is 1.43. The highest BCUT2D eigenvalue weighted by molar-refractivity contribution is 7.90. The van der Waals surface area contributed by atoms with Crippen molar-refractivity contribution in [2.24, 2.45) is 5.10 Å². The van der Waals surface area contributed by atoms with Gasteiger partial charge in [0.1, 0.15) is 17.8 Å². The highest BCUT2D eigenvalue weighted by Crippen LogP contribution is 2.41. The van der Waals surface area contributed by atoms with Gasteiger partial charge < -0.3 is 5.32 Å². The van der Waals surface area contributed by atoms with Crippen LogP contribution in [0.4, 0.5) is 23.2 Å². The largest absolute Gasteiger partial charge is 0.516 e. The molecule has 1 N–H and O–H groups in total. The van der Waals surface area contributed by atoms with Crippen LogP contribution in [-0.4, -0.2) is 53.0 Å². The number of hydrogen-bond acceptors (Lipinski definition) is 7. The van der Waals surface area contributed by atoms with Gasteiger partial charge in [-0.1, -0.05) is 6.07 Å². The monoisotopic (exact) mass is 530 g/mol. The quantitative estimate of drug-likeness (QED) is 0.494. The normalized spacial score (nSPS) is 16.8. The lowest BCUT2D eigenvalue weighted by Gasteiger charge is -2.29. The standard InChI is InChI=1S/C20H18F4N6O3S2/c21-14-9-12(1-4-15(14)30-6-5-28(11-26-30)35(32,33)20(22,23)24)10-25-18(31)17-16(13-2-3-13)27-19-29(17)7-8-34-19/h1,4,7-9,11,13H,2-3,5-6,10H2,(H,25,31). The zero-order valence-corrected chi connectivity index (χ0v) is 19.5. The third-order valence-corrected chi connectivity index (χ3v) is 7.90. The van der Waals surface area contributed by atoms with Gasteiger partial charge in [-0.2, -0.15) is 26.7 Å². The second kappa shape index (κ2) is 8.48. The number of anilines is 1. The SMILES string of the molecule is O=C(NCc1ccc(N2CCN(S(=O)(=O)C(F)(F)F)C=N2)c(F)c1)c1c(C2CC2)nc2sccn12. The van der Waals surface area contributed by atoms with Gasteiger partial charge in [0.15, 0.2) is 4.96 Å². The molecule has 3 aromatic rings. The Morgan fingerprint density at radius 3 is 2.63 bits per heavy atom. The molecule has 9 nitrogen and oxygen atoms in total. The number of hydrogen-bond donors (Lipinski definition) is 1. The second-order valence-corrected chi connectivity index (χ2v) is 10.8. The summed E-state index contributed by atoms with van der Waals surface area (Å²) in [4.78, 5) is 18.2. The first kappa shape index (κ1) is 23.5. The van der Waals surface area contributed by atoms with Crippen molar-refractivity contribution in [2.75, 3.05) is 18.1 Å². The summed E-state index contributed by atoms with van der Waals surface area (Å²) in [7, 11) is -5.55. The minimum absolute atomic E-state index is 0.0350. The Labute approximate surface area is 200 Å². The number of nitrogens with zero attached hydrogens (tertiary/aromatic N) is 5. The highest BCUT2D eigenvalue weighted by Gasteiger charge is 2.50. The molecule has 1 aliphatic carbocycles. The molecular weight excluding hydrogens is 512 g/mol. The fourth-order valence-electron chi connectivity index (χ4n) is 3.73. The van der Waals surface area contributed by atoms with E-state index >= 15 is 0 Å². The Balaban J connectivity index is 1.27. The van der Waals surface area contributed by atoms with Crippen molar-refractivity contribution in [3.05, 3.63) is 52.5 Å². The summed E-state index contributed by atoms with van der Waals surface area (Å²) in [5.74, 6) is -0.773. The van der Waals surface area contributed by atoms with Crippen LogP contribution in [0.25, 0.3) is 4.96 Å². The van der Waals surface area contributed by atoms with E-state index < -0.39 is 27.9 Å². The molecule has 1 aromatic carbocycles. The fourth-order valence-corrected chi connectivity index (χ4v) is 5.21. The molecule has 2 aliphatic rings. The van der Waals surface area contributed by atoms with E-state index in [9.17, 15) is 30.8 Å². The number of carbonyl (C=O) groups is 1. The maximum atomic E-state index is 14.7. The molecule has 1 fully saturated rings. The van der Waals surface area contributed by atoms with E-state index in [0.717, 1.165) is 28.5 Å². The number of halogens is 4. The predicted octanol–water partition coefficient (Wildman–Crippen LogP) is 3.26. The van der Waals surface area contributed by atoms with Crippen LogP contribution in [-0.2, 0) is 16.6 Å². The summed E-state index contributed by atoms with van der Waals surface area (Å²) in [5, 5.41) is 9.35. The van der Waals surface area contributed by atoms with Gasteiger partial charge in [-0.15, -0.1) is 11.3 Å². The topological polar surface area (TPSA) is 99.4 Å². The Morgan fingerprint density at radius 1 is 1.23 bits per heavy atom. The van der Waals surface area contributed by atoms with Gasteiger partial charge in [0.05, 0.1) is 24.5 Å². The molecule has 0 unspecified atom stereocenters. The Bertz CT molecular complexity index is 1430. The average Bonchev–Trinajstić information content (AvgIpc) is 3.44. The average molecular weight is 531 g/mol. The van der Waals surface area contributed by atoms with Crippen molar-refractivity contribution >= 4 is 44.3 Å². The zero-order valence-electron chi connectivity index (χ0n) is 17.9. The smallest absolute Gasteiger partial charge is 0.347 e. The number of aromatic nitrogens is 2. The number of thiazole rings is 1. The molecule has 0 saturated heterocycles. The molecule has 15 heteroatoms. The number of alkyl halides is 3. The number of nitrogens with one attached hydrogen (secondary N) is 1. The molecule has 1 aliphatic heterocycles. The van der Waals surface area contributed by atoms with E-state index in [1.807, 2.05) is 5.38 Å².